The van der Waals surface area contributed by atoms with E-state index in [-0.39, 0.29) is 11.9 Å². The predicted octanol–water partition coefficient (Wildman–Crippen LogP) is 5.16. The average molecular weight is 338 g/mol. The Kier molecular flexibility index (Phi) is 5.01. The molecule has 1 N–H and O–H groups in total. The molecule has 0 spiro atoms. The van der Waals surface area contributed by atoms with Crippen LogP contribution in [0.2, 0.25) is 0 Å². The van der Waals surface area contributed by atoms with Crippen molar-refractivity contribution in [3.05, 3.63) is 58.3 Å². The molecule has 0 fully saturated rings. The van der Waals surface area contributed by atoms with E-state index in [9.17, 15) is 4.39 Å². The third-order valence-electron chi connectivity index (χ3n) is 2.98. The van der Waals surface area contributed by atoms with Gasteiger partial charge in [0.1, 0.15) is 11.6 Å². The molecule has 1 atom stereocenters. The fraction of sp³-hybridized carbons (Fsp3) is 0.250. The second kappa shape index (κ2) is 6.75. The van der Waals surface area contributed by atoms with Gasteiger partial charge in [-0.15, -0.1) is 0 Å². The molecule has 0 aromatic heterocycles. The number of rotatable bonds is 5. The maximum absolute atomic E-state index is 13.1. The summed E-state index contributed by atoms with van der Waals surface area (Å²) in [6, 6.07) is 12.6. The van der Waals surface area contributed by atoms with Crippen molar-refractivity contribution in [1.82, 2.24) is 0 Å². The van der Waals surface area contributed by atoms with Gasteiger partial charge in [-0.05, 0) is 55.8 Å². The van der Waals surface area contributed by atoms with Gasteiger partial charge in [-0.2, -0.15) is 0 Å². The number of hydrogen-bond acceptors (Lipinski definition) is 2. The van der Waals surface area contributed by atoms with Crippen LogP contribution in [0.5, 0.6) is 5.75 Å². The van der Waals surface area contributed by atoms with Crippen LogP contribution in [0.1, 0.15) is 25.5 Å². The second-order valence-corrected chi connectivity index (χ2v) is 5.34. The molecule has 0 radical (unpaired) electrons. The van der Waals surface area contributed by atoms with Crippen LogP contribution in [-0.4, -0.2) is 6.61 Å². The van der Waals surface area contributed by atoms with Gasteiger partial charge in [0.2, 0.25) is 0 Å². The monoisotopic (exact) mass is 337 g/mol. The van der Waals surface area contributed by atoms with Crippen LogP contribution < -0.4 is 10.1 Å². The minimum absolute atomic E-state index is 0.0721. The number of halogens is 2. The van der Waals surface area contributed by atoms with Crippen LogP contribution in [0, 0.1) is 5.82 Å². The van der Waals surface area contributed by atoms with Crippen molar-refractivity contribution >= 4 is 21.6 Å². The van der Waals surface area contributed by atoms with E-state index in [4.69, 9.17) is 4.74 Å². The molecule has 2 aromatic carbocycles. The lowest BCUT2D eigenvalue weighted by Gasteiger charge is -2.17. The van der Waals surface area contributed by atoms with Crippen LogP contribution in [0.3, 0.4) is 0 Å². The normalized spacial score (nSPS) is 12.0. The molecule has 1 unspecified atom stereocenters. The first-order valence-corrected chi connectivity index (χ1v) is 7.33. The van der Waals surface area contributed by atoms with Gasteiger partial charge in [0.05, 0.1) is 6.61 Å². The third-order valence-corrected chi connectivity index (χ3v) is 3.66. The average Bonchev–Trinajstić information content (AvgIpc) is 2.41. The summed E-state index contributed by atoms with van der Waals surface area (Å²) in [5, 5.41) is 3.38. The zero-order valence-corrected chi connectivity index (χ0v) is 13.1. The summed E-state index contributed by atoms with van der Waals surface area (Å²) in [4.78, 5) is 0. The van der Waals surface area contributed by atoms with Crippen molar-refractivity contribution < 1.29 is 9.13 Å². The highest BCUT2D eigenvalue weighted by molar-refractivity contribution is 9.10. The van der Waals surface area contributed by atoms with Crippen LogP contribution in [0.4, 0.5) is 10.1 Å². The second-order valence-electron chi connectivity index (χ2n) is 4.49. The molecule has 0 amide bonds. The summed E-state index contributed by atoms with van der Waals surface area (Å²) in [6.45, 7) is 4.65. The van der Waals surface area contributed by atoms with Crippen molar-refractivity contribution in [2.75, 3.05) is 11.9 Å². The van der Waals surface area contributed by atoms with E-state index in [0.717, 1.165) is 21.5 Å². The smallest absolute Gasteiger partial charge is 0.124 e. The Labute approximate surface area is 127 Å². The first-order chi connectivity index (χ1) is 9.60. The molecular weight excluding hydrogens is 321 g/mol. The van der Waals surface area contributed by atoms with Crippen LogP contribution in [-0.2, 0) is 0 Å². The Morgan fingerprint density at radius 1 is 1.20 bits per heavy atom. The predicted molar refractivity (Wildman–Crippen MR) is 83.7 cm³/mol. The Morgan fingerprint density at radius 2 is 1.90 bits per heavy atom. The number of benzene rings is 2. The Morgan fingerprint density at radius 3 is 2.50 bits per heavy atom. The molecule has 0 saturated heterocycles. The van der Waals surface area contributed by atoms with Gasteiger partial charge < -0.3 is 10.1 Å². The van der Waals surface area contributed by atoms with Gasteiger partial charge in [0.25, 0.3) is 0 Å². The lowest BCUT2D eigenvalue weighted by molar-refractivity contribution is 0.340. The summed E-state index contributed by atoms with van der Waals surface area (Å²) in [5.74, 6) is 0.613. The van der Waals surface area contributed by atoms with E-state index < -0.39 is 0 Å². The molecule has 4 heteroatoms. The van der Waals surface area contributed by atoms with Crippen LogP contribution >= 0.6 is 15.9 Å². The standard InChI is InChI=1S/C16H17BrFNO/c1-3-20-14-7-5-13(6-8-14)19-11(2)15-9-4-12(18)10-16(15)17/h4-11,19H,3H2,1-2H3. The topological polar surface area (TPSA) is 21.3 Å². The van der Waals surface area contributed by atoms with Crippen molar-refractivity contribution in [2.24, 2.45) is 0 Å². The summed E-state index contributed by atoms with van der Waals surface area (Å²) >= 11 is 3.39. The third kappa shape index (κ3) is 3.73. The SMILES string of the molecule is CCOc1ccc(NC(C)c2ccc(F)cc2Br)cc1. The van der Waals surface area contributed by atoms with Crippen molar-refractivity contribution in [2.45, 2.75) is 19.9 Å². The number of hydrogen-bond donors (Lipinski definition) is 1. The number of nitrogens with one attached hydrogen (secondary N) is 1. The van der Waals surface area contributed by atoms with E-state index in [1.165, 1.54) is 12.1 Å². The number of ether oxygens (including phenoxy) is 1. The fourth-order valence-electron chi connectivity index (χ4n) is 1.99. The first kappa shape index (κ1) is 14.9. The molecule has 2 nitrogen and oxygen atoms in total. The van der Waals surface area contributed by atoms with Crippen LogP contribution in [0.25, 0.3) is 0 Å². The highest BCUT2D eigenvalue weighted by atomic mass is 79.9. The molecule has 0 bridgehead atoms. The highest BCUT2D eigenvalue weighted by Gasteiger charge is 2.10. The zero-order valence-electron chi connectivity index (χ0n) is 11.5. The molecule has 0 aliphatic carbocycles. The molecule has 2 aromatic rings. The van der Waals surface area contributed by atoms with Gasteiger partial charge >= 0.3 is 0 Å². The molecule has 0 aliphatic rings. The van der Waals surface area contributed by atoms with Crippen molar-refractivity contribution in [3.8, 4) is 5.75 Å². The van der Waals surface area contributed by atoms with Gasteiger partial charge in [0, 0.05) is 16.2 Å². The minimum atomic E-state index is -0.242. The molecule has 106 valence electrons. The quantitative estimate of drug-likeness (QED) is 0.813. The molecule has 20 heavy (non-hydrogen) atoms. The molecular formula is C16H17BrFNO. The summed E-state index contributed by atoms with van der Waals surface area (Å²) in [7, 11) is 0. The lowest BCUT2D eigenvalue weighted by Crippen LogP contribution is -2.07. The van der Waals surface area contributed by atoms with E-state index in [2.05, 4.69) is 21.2 Å². The minimum Gasteiger partial charge on any atom is -0.494 e. The van der Waals surface area contributed by atoms with E-state index in [0.29, 0.717) is 6.61 Å². The Bertz CT molecular complexity index is 571. The van der Waals surface area contributed by atoms with E-state index >= 15 is 0 Å². The van der Waals surface area contributed by atoms with E-state index in [1.54, 1.807) is 6.07 Å². The summed E-state index contributed by atoms with van der Waals surface area (Å²) < 4.78 is 19.3. The Balaban J connectivity index is 2.08. The summed E-state index contributed by atoms with van der Waals surface area (Å²) in [5.41, 5.74) is 2.01. The van der Waals surface area contributed by atoms with Crippen molar-refractivity contribution in [1.29, 1.82) is 0 Å². The maximum atomic E-state index is 13.1. The van der Waals surface area contributed by atoms with Gasteiger partial charge in [-0.25, -0.2) is 4.39 Å². The highest BCUT2D eigenvalue weighted by Crippen LogP contribution is 2.27. The van der Waals surface area contributed by atoms with Crippen molar-refractivity contribution in [3.63, 3.8) is 0 Å². The maximum Gasteiger partial charge on any atom is 0.124 e. The molecule has 0 aliphatic heterocycles. The van der Waals surface area contributed by atoms with Crippen LogP contribution in [0.15, 0.2) is 46.9 Å². The fourth-order valence-corrected chi connectivity index (χ4v) is 2.69. The van der Waals surface area contributed by atoms with Gasteiger partial charge in [0.15, 0.2) is 0 Å². The zero-order chi connectivity index (χ0) is 14.5. The largest absolute Gasteiger partial charge is 0.494 e. The molecule has 2 rings (SSSR count). The number of anilines is 1. The first-order valence-electron chi connectivity index (χ1n) is 6.54. The molecule has 0 saturated carbocycles. The van der Waals surface area contributed by atoms with E-state index in [1.807, 2.05) is 38.1 Å². The van der Waals surface area contributed by atoms with Gasteiger partial charge in [-0.3, -0.25) is 0 Å². The molecule has 0 heterocycles. The lowest BCUT2D eigenvalue weighted by atomic mass is 10.1. The summed E-state index contributed by atoms with van der Waals surface area (Å²) in [6.07, 6.45) is 0. The Hall–Kier alpha value is -1.55. The van der Waals surface area contributed by atoms with Gasteiger partial charge in [-0.1, -0.05) is 22.0 Å².